The monoisotopic (exact) mass is 292 g/mol. The molecule has 0 radical (unpaired) electrons. The van der Waals surface area contributed by atoms with Crippen LogP contribution in [0.4, 0.5) is 11.4 Å². The smallest absolute Gasteiger partial charge is 0.227 e. The zero-order valence-corrected chi connectivity index (χ0v) is 12.5. The van der Waals surface area contributed by atoms with Crippen LogP contribution in [0, 0.1) is 5.92 Å². The molecule has 1 aromatic rings. The van der Waals surface area contributed by atoms with Crippen LogP contribution in [-0.4, -0.2) is 26.0 Å². The van der Waals surface area contributed by atoms with Gasteiger partial charge in [0, 0.05) is 24.5 Å². The Labute approximate surface area is 123 Å². The van der Waals surface area contributed by atoms with Gasteiger partial charge in [-0.3, -0.25) is 9.59 Å². The molecule has 0 aromatic heterocycles. The van der Waals surface area contributed by atoms with Gasteiger partial charge in [0.15, 0.2) is 0 Å². The molecule has 0 unspecified atom stereocenters. The van der Waals surface area contributed by atoms with Crippen LogP contribution in [0.5, 0.6) is 11.5 Å². The molecule has 0 heterocycles. The third kappa shape index (κ3) is 3.65. The molecule has 1 fully saturated rings. The maximum absolute atomic E-state index is 11.9. The molecule has 2 N–H and O–H groups in total. The van der Waals surface area contributed by atoms with E-state index in [4.69, 9.17) is 9.47 Å². The van der Waals surface area contributed by atoms with Crippen LogP contribution in [0.3, 0.4) is 0 Å². The molecule has 2 rings (SSSR count). The first-order valence-electron chi connectivity index (χ1n) is 6.95. The molecule has 0 atom stereocenters. The van der Waals surface area contributed by atoms with Crippen molar-refractivity contribution in [1.29, 1.82) is 0 Å². The van der Waals surface area contributed by atoms with E-state index in [-0.39, 0.29) is 17.7 Å². The van der Waals surface area contributed by atoms with Crippen molar-refractivity contribution >= 4 is 23.2 Å². The Morgan fingerprint density at radius 2 is 1.62 bits per heavy atom. The highest BCUT2D eigenvalue weighted by Gasteiger charge is 2.30. The van der Waals surface area contributed by atoms with Crippen molar-refractivity contribution in [2.24, 2.45) is 5.92 Å². The fourth-order valence-electron chi connectivity index (χ4n) is 1.91. The third-order valence-electron chi connectivity index (χ3n) is 3.32. The van der Waals surface area contributed by atoms with Gasteiger partial charge in [-0.05, 0) is 12.8 Å². The van der Waals surface area contributed by atoms with Crippen LogP contribution < -0.4 is 20.1 Å². The molecule has 1 saturated carbocycles. The highest BCUT2D eigenvalue weighted by Crippen LogP contribution is 2.38. The zero-order chi connectivity index (χ0) is 15.4. The molecule has 0 bridgehead atoms. The van der Waals surface area contributed by atoms with Crippen molar-refractivity contribution in [3.63, 3.8) is 0 Å². The van der Waals surface area contributed by atoms with Crippen molar-refractivity contribution in [2.75, 3.05) is 24.9 Å². The number of ether oxygens (including phenoxy) is 2. The van der Waals surface area contributed by atoms with Gasteiger partial charge in [-0.1, -0.05) is 6.92 Å². The normalized spacial score (nSPS) is 13.5. The molecule has 0 spiro atoms. The molecule has 1 aliphatic rings. The first-order valence-corrected chi connectivity index (χ1v) is 6.95. The van der Waals surface area contributed by atoms with Crippen LogP contribution in [0.2, 0.25) is 0 Å². The zero-order valence-electron chi connectivity index (χ0n) is 12.5. The Morgan fingerprint density at radius 3 is 2.05 bits per heavy atom. The number of carbonyl (C=O) groups excluding carboxylic acids is 2. The van der Waals surface area contributed by atoms with Gasteiger partial charge in [0.2, 0.25) is 11.8 Å². The highest BCUT2D eigenvalue weighted by molar-refractivity contribution is 5.97. The molecule has 6 nitrogen and oxygen atoms in total. The number of hydrogen-bond donors (Lipinski definition) is 2. The molecule has 114 valence electrons. The van der Waals surface area contributed by atoms with Crippen LogP contribution in [-0.2, 0) is 9.59 Å². The summed E-state index contributed by atoms with van der Waals surface area (Å²) in [5.41, 5.74) is 1.06. The van der Waals surface area contributed by atoms with Crippen LogP contribution in [0.15, 0.2) is 12.1 Å². The lowest BCUT2D eigenvalue weighted by molar-refractivity contribution is -0.117. The van der Waals surface area contributed by atoms with Gasteiger partial charge in [0.25, 0.3) is 0 Å². The predicted molar refractivity (Wildman–Crippen MR) is 79.8 cm³/mol. The minimum Gasteiger partial charge on any atom is -0.494 e. The fraction of sp³-hybridized carbons (Fsp3) is 0.467. The van der Waals surface area contributed by atoms with E-state index >= 15 is 0 Å². The average molecular weight is 292 g/mol. The fourth-order valence-corrected chi connectivity index (χ4v) is 1.91. The summed E-state index contributed by atoms with van der Waals surface area (Å²) in [7, 11) is 3.02. The summed E-state index contributed by atoms with van der Waals surface area (Å²) in [6, 6.07) is 3.30. The van der Waals surface area contributed by atoms with E-state index in [1.807, 2.05) is 0 Å². The van der Waals surface area contributed by atoms with Crippen molar-refractivity contribution in [2.45, 2.75) is 26.2 Å². The largest absolute Gasteiger partial charge is 0.494 e. The van der Waals surface area contributed by atoms with Gasteiger partial charge in [-0.2, -0.15) is 0 Å². The minimum absolute atomic E-state index is 0.0132. The van der Waals surface area contributed by atoms with E-state index in [9.17, 15) is 9.59 Å². The average Bonchev–Trinajstić information content (AvgIpc) is 3.32. The van der Waals surface area contributed by atoms with Gasteiger partial charge in [0.1, 0.15) is 11.5 Å². The summed E-state index contributed by atoms with van der Waals surface area (Å²) in [6.45, 7) is 1.77. The number of benzene rings is 1. The molecule has 0 saturated heterocycles. The van der Waals surface area contributed by atoms with E-state index in [1.54, 1.807) is 19.1 Å². The Balaban J connectivity index is 2.27. The number of hydrogen-bond acceptors (Lipinski definition) is 4. The Hall–Kier alpha value is -2.24. The van der Waals surface area contributed by atoms with E-state index in [1.165, 1.54) is 14.2 Å². The van der Waals surface area contributed by atoms with Crippen molar-refractivity contribution in [3.8, 4) is 11.5 Å². The quantitative estimate of drug-likeness (QED) is 0.844. The number of anilines is 2. The third-order valence-corrected chi connectivity index (χ3v) is 3.32. The van der Waals surface area contributed by atoms with E-state index in [0.29, 0.717) is 29.3 Å². The maximum Gasteiger partial charge on any atom is 0.227 e. The summed E-state index contributed by atoms with van der Waals surface area (Å²) < 4.78 is 10.5. The summed E-state index contributed by atoms with van der Waals surface area (Å²) in [5.74, 6) is 0.922. The molecule has 0 aliphatic heterocycles. The molecule has 1 aromatic carbocycles. The van der Waals surface area contributed by atoms with E-state index in [2.05, 4.69) is 10.6 Å². The van der Waals surface area contributed by atoms with Crippen LogP contribution in [0.1, 0.15) is 26.2 Å². The first kappa shape index (κ1) is 15.2. The van der Waals surface area contributed by atoms with E-state index < -0.39 is 0 Å². The lowest BCUT2D eigenvalue weighted by atomic mass is 10.2. The molecule has 1 aliphatic carbocycles. The van der Waals surface area contributed by atoms with Crippen molar-refractivity contribution in [3.05, 3.63) is 12.1 Å². The van der Waals surface area contributed by atoms with Crippen LogP contribution >= 0.6 is 0 Å². The topological polar surface area (TPSA) is 76.7 Å². The van der Waals surface area contributed by atoms with Crippen LogP contribution in [0.25, 0.3) is 0 Å². The number of amides is 2. The number of methoxy groups -OCH3 is 2. The molecule has 21 heavy (non-hydrogen) atoms. The maximum atomic E-state index is 11.9. The molecular weight excluding hydrogens is 272 g/mol. The second-order valence-electron chi connectivity index (χ2n) is 4.92. The Bertz CT molecular complexity index is 553. The van der Waals surface area contributed by atoms with Crippen molar-refractivity contribution < 1.29 is 19.1 Å². The number of carbonyl (C=O) groups is 2. The Morgan fingerprint density at radius 1 is 1.10 bits per heavy atom. The van der Waals surface area contributed by atoms with Gasteiger partial charge < -0.3 is 20.1 Å². The minimum atomic E-state index is -0.120. The number of nitrogens with one attached hydrogen (secondary N) is 2. The highest BCUT2D eigenvalue weighted by atomic mass is 16.5. The van der Waals surface area contributed by atoms with Gasteiger partial charge >= 0.3 is 0 Å². The van der Waals surface area contributed by atoms with Gasteiger partial charge in [0.05, 0.1) is 25.6 Å². The summed E-state index contributed by atoms with van der Waals surface area (Å²) in [5, 5.41) is 5.58. The molecule has 2 amide bonds. The predicted octanol–water partition coefficient (Wildman–Crippen LogP) is 2.40. The van der Waals surface area contributed by atoms with Gasteiger partial charge in [-0.25, -0.2) is 0 Å². The Kier molecular flexibility index (Phi) is 4.67. The second-order valence-corrected chi connectivity index (χ2v) is 4.92. The summed E-state index contributed by atoms with van der Waals surface area (Å²) in [6.07, 6.45) is 2.22. The SMILES string of the molecule is CCC(=O)Nc1cc(OC)c(NC(=O)C2CC2)cc1OC. The second kappa shape index (κ2) is 6.47. The standard InChI is InChI=1S/C15H20N2O4/c1-4-14(18)16-10-7-13(21-3)11(8-12(10)20-2)17-15(19)9-5-6-9/h7-9H,4-6H2,1-3H3,(H,16,18)(H,17,19). The molecule has 6 heteroatoms. The van der Waals surface area contributed by atoms with E-state index in [0.717, 1.165) is 12.8 Å². The number of rotatable bonds is 6. The lowest BCUT2D eigenvalue weighted by Gasteiger charge is -2.16. The van der Waals surface area contributed by atoms with Gasteiger partial charge in [-0.15, -0.1) is 0 Å². The molecular formula is C15H20N2O4. The summed E-state index contributed by atoms with van der Waals surface area (Å²) in [4.78, 5) is 23.4. The first-order chi connectivity index (χ1) is 10.1. The lowest BCUT2D eigenvalue weighted by Crippen LogP contribution is -2.15. The summed E-state index contributed by atoms with van der Waals surface area (Å²) >= 11 is 0. The van der Waals surface area contributed by atoms with Crippen molar-refractivity contribution in [1.82, 2.24) is 0 Å².